The number of terminal acetylenes is 1. The van der Waals surface area contributed by atoms with Crippen LogP contribution >= 0.6 is 0 Å². The Morgan fingerprint density at radius 2 is 2.00 bits per heavy atom. The quantitative estimate of drug-likeness (QED) is 0.495. The highest BCUT2D eigenvalue weighted by Gasteiger charge is 2.19. The van der Waals surface area contributed by atoms with Crippen LogP contribution in [0.2, 0.25) is 0 Å². The van der Waals surface area contributed by atoms with Crippen LogP contribution in [-0.2, 0) is 4.79 Å². The van der Waals surface area contributed by atoms with E-state index in [1.54, 1.807) is 0 Å². The lowest BCUT2D eigenvalue weighted by molar-refractivity contribution is -0.134. The summed E-state index contributed by atoms with van der Waals surface area (Å²) in [6, 6.07) is 0.252. The van der Waals surface area contributed by atoms with E-state index in [1.165, 1.54) is 0 Å². The second-order valence-electron chi connectivity index (χ2n) is 4.19. The number of hydrogen-bond donors (Lipinski definition) is 1. The Balaban J connectivity index is 4.19. The van der Waals surface area contributed by atoms with Gasteiger partial charge in [-0.15, -0.1) is 12.3 Å². The van der Waals surface area contributed by atoms with Crippen LogP contribution in [0.4, 0.5) is 0 Å². The van der Waals surface area contributed by atoms with Crippen LogP contribution in [0.1, 0.15) is 52.4 Å². The van der Waals surface area contributed by atoms with Crippen molar-refractivity contribution in [3.8, 4) is 12.3 Å². The molecule has 0 fully saturated rings. The Kier molecular flexibility index (Phi) is 9.56. The van der Waals surface area contributed by atoms with Crippen LogP contribution in [0.25, 0.3) is 0 Å². The number of hydrogen-bond acceptors (Lipinski definition) is 2. The van der Waals surface area contributed by atoms with Crippen molar-refractivity contribution >= 4 is 5.91 Å². The Labute approximate surface area is 105 Å². The van der Waals surface area contributed by atoms with E-state index in [1.807, 2.05) is 4.90 Å². The van der Waals surface area contributed by atoms with Gasteiger partial charge in [-0.05, 0) is 25.7 Å². The summed E-state index contributed by atoms with van der Waals surface area (Å²) in [4.78, 5) is 13.8. The Morgan fingerprint density at radius 1 is 1.35 bits per heavy atom. The minimum Gasteiger partial charge on any atom is -0.395 e. The predicted octanol–water partition coefficient (Wildman–Crippen LogP) is 2.19. The molecule has 0 aromatic heterocycles. The molecule has 0 saturated carbocycles. The van der Waals surface area contributed by atoms with Crippen molar-refractivity contribution in [3.63, 3.8) is 0 Å². The molecule has 0 saturated heterocycles. The molecule has 0 rings (SSSR count). The highest BCUT2D eigenvalue weighted by atomic mass is 16.3. The normalized spacial score (nSPS) is 10.3. The van der Waals surface area contributed by atoms with E-state index in [0.717, 1.165) is 32.1 Å². The number of rotatable bonds is 9. The molecule has 0 heterocycles. The van der Waals surface area contributed by atoms with Crippen molar-refractivity contribution in [1.29, 1.82) is 0 Å². The fourth-order valence-corrected chi connectivity index (χ4v) is 1.99. The number of aliphatic hydroxyl groups excluding tert-OH is 1. The van der Waals surface area contributed by atoms with Gasteiger partial charge in [-0.2, -0.15) is 0 Å². The summed E-state index contributed by atoms with van der Waals surface area (Å²) in [7, 11) is 0. The minimum atomic E-state index is 0.0343. The molecule has 1 N–H and O–H groups in total. The van der Waals surface area contributed by atoms with Crippen LogP contribution in [0.15, 0.2) is 0 Å². The molecule has 0 aromatic rings. The standard InChI is InChI=1S/C14H25NO2/c1-4-7-8-9-10-14(17)15(11-12-16)13(5-2)6-3/h1,13,16H,5-12H2,2-3H3. The summed E-state index contributed by atoms with van der Waals surface area (Å²) in [5.74, 6) is 2.72. The van der Waals surface area contributed by atoms with E-state index >= 15 is 0 Å². The number of carbonyl (C=O) groups is 1. The summed E-state index contributed by atoms with van der Waals surface area (Å²) >= 11 is 0. The average Bonchev–Trinajstić information content (AvgIpc) is 2.34. The molecule has 3 nitrogen and oxygen atoms in total. The second-order valence-corrected chi connectivity index (χ2v) is 4.19. The molecular formula is C14H25NO2. The van der Waals surface area contributed by atoms with Crippen molar-refractivity contribution < 1.29 is 9.90 Å². The summed E-state index contributed by atoms with van der Waals surface area (Å²) in [6.45, 7) is 4.63. The van der Waals surface area contributed by atoms with Gasteiger partial charge in [-0.1, -0.05) is 13.8 Å². The third-order valence-corrected chi connectivity index (χ3v) is 3.01. The van der Waals surface area contributed by atoms with Gasteiger partial charge in [-0.3, -0.25) is 4.79 Å². The first-order valence-corrected chi connectivity index (χ1v) is 6.54. The highest BCUT2D eigenvalue weighted by molar-refractivity contribution is 5.76. The zero-order valence-corrected chi connectivity index (χ0v) is 11.1. The first-order valence-electron chi connectivity index (χ1n) is 6.54. The van der Waals surface area contributed by atoms with Gasteiger partial charge >= 0.3 is 0 Å². The summed E-state index contributed by atoms with van der Waals surface area (Å²) in [5.41, 5.74) is 0. The van der Waals surface area contributed by atoms with Gasteiger partial charge in [0.15, 0.2) is 0 Å². The highest BCUT2D eigenvalue weighted by Crippen LogP contribution is 2.12. The lowest BCUT2D eigenvalue weighted by atomic mass is 10.1. The molecule has 3 heteroatoms. The topological polar surface area (TPSA) is 40.5 Å². The van der Waals surface area contributed by atoms with Gasteiger partial charge in [0.1, 0.15) is 0 Å². The lowest BCUT2D eigenvalue weighted by Gasteiger charge is -2.30. The summed E-state index contributed by atoms with van der Waals surface area (Å²) in [5, 5.41) is 9.01. The average molecular weight is 239 g/mol. The Hall–Kier alpha value is -1.01. The van der Waals surface area contributed by atoms with Gasteiger partial charge in [0.2, 0.25) is 5.91 Å². The molecule has 0 aliphatic carbocycles. The molecule has 17 heavy (non-hydrogen) atoms. The Morgan fingerprint density at radius 3 is 2.47 bits per heavy atom. The van der Waals surface area contributed by atoms with E-state index in [9.17, 15) is 4.79 Å². The van der Waals surface area contributed by atoms with Crippen LogP contribution in [0.3, 0.4) is 0 Å². The molecule has 0 spiro atoms. The number of amides is 1. The summed E-state index contributed by atoms with van der Waals surface area (Å²) < 4.78 is 0. The van der Waals surface area contributed by atoms with Gasteiger partial charge in [0.05, 0.1) is 6.61 Å². The molecule has 1 amide bonds. The molecule has 0 aromatic carbocycles. The third-order valence-electron chi connectivity index (χ3n) is 3.01. The van der Waals surface area contributed by atoms with E-state index in [4.69, 9.17) is 11.5 Å². The largest absolute Gasteiger partial charge is 0.395 e. The number of unbranched alkanes of at least 4 members (excludes halogenated alkanes) is 2. The van der Waals surface area contributed by atoms with Crippen LogP contribution in [0.5, 0.6) is 0 Å². The van der Waals surface area contributed by atoms with Crippen LogP contribution in [-0.4, -0.2) is 35.1 Å². The predicted molar refractivity (Wildman–Crippen MR) is 70.5 cm³/mol. The van der Waals surface area contributed by atoms with E-state index in [0.29, 0.717) is 13.0 Å². The molecule has 0 atom stereocenters. The van der Waals surface area contributed by atoms with E-state index in [-0.39, 0.29) is 18.6 Å². The zero-order valence-electron chi connectivity index (χ0n) is 11.1. The Bertz CT molecular complexity index is 241. The number of carbonyl (C=O) groups excluding carboxylic acids is 1. The first-order chi connectivity index (χ1) is 8.21. The molecule has 0 unspecified atom stereocenters. The van der Waals surface area contributed by atoms with Crippen molar-refractivity contribution in [2.45, 2.75) is 58.4 Å². The number of nitrogens with zero attached hydrogens (tertiary/aromatic N) is 1. The monoisotopic (exact) mass is 239 g/mol. The smallest absolute Gasteiger partial charge is 0.222 e. The maximum absolute atomic E-state index is 12.0. The van der Waals surface area contributed by atoms with Gasteiger partial charge in [0, 0.05) is 25.4 Å². The van der Waals surface area contributed by atoms with Crippen molar-refractivity contribution in [3.05, 3.63) is 0 Å². The maximum atomic E-state index is 12.0. The molecule has 0 radical (unpaired) electrons. The van der Waals surface area contributed by atoms with E-state index in [2.05, 4.69) is 19.8 Å². The number of aliphatic hydroxyl groups is 1. The van der Waals surface area contributed by atoms with Crippen molar-refractivity contribution in [2.75, 3.05) is 13.2 Å². The van der Waals surface area contributed by atoms with Gasteiger partial charge in [-0.25, -0.2) is 0 Å². The fourth-order valence-electron chi connectivity index (χ4n) is 1.99. The molecule has 0 bridgehead atoms. The molecule has 98 valence electrons. The third kappa shape index (κ3) is 6.33. The zero-order chi connectivity index (χ0) is 13.1. The van der Waals surface area contributed by atoms with Crippen LogP contribution < -0.4 is 0 Å². The lowest BCUT2D eigenvalue weighted by Crippen LogP contribution is -2.41. The first kappa shape index (κ1) is 16.0. The van der Waals surface area contributed by atoms with Gasteiger partial charge < -0.3 is 10.0 Å². The van der Waals surface area contributed by atoms with Crippen molar-refractivity contribution in [2.24, 2.45) is 0 Å². The minimum absolute atomic E-state index is 0.0343. The van der Waals surface area contributed by atoms with Crippen LogP contribution in [0, 0.1) is 12.3 Å². The van der Waals surface area contributed by atoms with Gasteiger partial charge in [0.25, 0.3) is 0 Å². The molecular weight excluding hydrogens is 214 g/mol. The SMILES string of the molecule is C#CCCCCC(=O)N(CCO)C(CC)CC. The maximum Gasteiger partial charge on any atom is 0.222 e. The fraction of sp³-hybridized carbons (Fsp3) is 0.786. The van der Waals surface area contributed by atoms with Crippen molar-refractivity contribution in [1.82, 2.24) is 4.90 Å². The summed E-state index contributed by atoms with van der Waals surface area (Å²) in [6.07, 6.45) is 10.1. The second kappa shape index (κ2) is 10.2. The van der Waals surface area contributed by atoms with E-state index < -0.39 is 0 Å². The molecule has 0 aliphatic rings. The molecule has 0 aliphatic heterocycles.